The van der Waals surface area contributed by atoms with E-state index in [1.807, 2.05) is 18.4 Å². The van der Waals surface area contributed by atoms with Gasteiger partial charge in [-0.1, -0.05) is 30.0 Å². The molecule has 0 saturated carbocycles. The molecular formula is C15H17N3O2S. The van der Waals surface area contributed by atoms with E-state index in [0.717, 1.165) is 5.57 Å². The first-order chi connectivity index (χ1) is 10.1. The smallest absolute Gasteiger partial charge is 0.227 e. The predicted octanol–water partition coefficient (Wildman–Crippen LogP) is 3.90. The van der Waals surface area contributed by atoms with Crippen molar-refractivity contribution in [2.24, 2.45) is 5.92 Å². The van der Waals surface area contributed by atoms with E-state index in [4.69, 9.17) is 0 Å². The van der Waals surface area contributed by atoms with Gasteiger partial charge < -0.3 is 15.5 Å². The van der Waals surface area contributed by atoms with Crippen molar-refractivity contribution in [3.8, 4) is 0 Å². The number of nitrogens with one attached hydrogen (secondary N) is 1. The number of aromatic nitrogens is 2. The van der Waals surface area contributed by atoms with Gasteiger partial charge in [-0.25, -0.2) is 9.97 Å². The largest absolute Gasteiger partial charge is 0.508 e. The Morgan fingerprint density at radius 1 is 1.43 bits per heavy atom. The van der Waals surface area contributed by atoms with Crippen molar-refractivity contribution >= 4 is 17.7 Å². The van der Waals surface area contributed by atoms with Gasteiger partial charge in [0.1, 0.15) is 5.76 Å². The summed E-state index contributed by atoms with van der Waals surface area (Å²) in [5.41, 5.74) is 1.08. The van der Waals surface area contributed by atoms with Crippen molar-refractivity contribution in [1.82, 2.24) is 9.97 Å². The van der Waals surface area contributed by atoms with Gasteiger partial charge in [0.2, 0.25) is 5.95 Å². The maximum atomic E-state index is 9.57. The van der Waals surface area contributed by atoms with E-state index < -0.39 is 0 Å². The predicted molar refractivity (Wildman–Crippen MR) is 85.7 cm³/mol. The van der Waals surface area contributed by atoms with E-state index in [0.29, 0.717) is 17.4 Å². The molecule has 110 valence electrons. The average Bonchev–Trinajstić information content (AvgIpc) is 2.48. The number of allylic oxidation sites excluding steroid dienone is 4. The lowest BCUT2D eigenvalue weighted by molar-refractivity contribution is 0.309. The average molecular weight is 303 g/mol. The number of rotatable bonds is 5. The molecule has 1 atom stereocenters. The number of nitrogens with zero attached hydrogens (tertiary/aromatic N) is 2. The molecule has 5 nitrogen and oxygen atoms in total. The standard InChI is InChI=1S/C15H17N3O2S/c1-10(12-4-5-13(19)14(20)8-12)9-21-11(2)18-15-16-6-3-7-17-15/h3-7,9,12,19-20H,2,8H2,1H3,(H,16,17,18)/b10-9+. The minimum absolute atomic E-state index is 0.0230. The highest BCUT2D eigenvalue weighted by atomic mass is 32.2. The molecule has 0 saturated heterocycles. The van der Waals surface area contributed by atoms with Crippen LogP contribution in [0.5, 0.6) is 0 Å². The van der Waals surface area contributed by atoms with E-state index in [1.54, 1.807) is 18.5 Å². The van der Waals surface area contributed by atoms with Crippen LogP contribution < -0.4 is 5.32 Å². The summed E-state index contributed by atoms with van der Waals surface area (Å²) in [6, 6.07) is 1.75. The molecule has 1 aromatic rings. The molecule has 0 aliphatic heterocycles. The maximum Gasteiger partial charge on any atom is 0.227 e. The molecule has 6 heteroatoms. The van der Waals surface area contributed by atoms with Gasteiger partial charge in [0.25, 0.3) is 0 Å². The Morgan fingerprint density at radius 2 is 2.14 bits per heavy atom. The molecule has 0 bridgehead atoms. The van der Waals surface area contributed by atoms with Crippen LogP contribution >= 0.6 is 11.8 Å². The molecule has 0 amide bonds. The van der Waals surface area contributed by atoms with Crippen LogP contribution in [0.3, 0.4) is 0 Å². The van der Waals surface area contributed by atoms with Crippen molar-refractivity contribution in [3.05, 3.63) is 64.7 Å². The van der Waals surface area contributed by atoms with Gasteiger partial charge in [0.15, 0.2) is 5.76 Å². The van der Waals surface area contributed by atoms with E-state index in [1.165, 1.54) is 17.8 Å². The van der Waals surface area contributed by atoms with Crippen LogP contribution in [-0.4, -0.2) is 20.2 Å². The molecule has 1 aliphatic rings. The summed E-state index contributed by atoms with van der Waals surface area (Å²) in [7, 11) is 0. The summed E-state index contributed by atoms with van der Waals surface area (Å²) in [5, 5.41) is 24.6. The van der Waals surface area contributed by atoms with E-state index in [-0.39, 0.29) is 17.4 Å². The van der Waals surface area contributed by atoms with Gasteiger partial charge in [-0.3, -0.25) is 0 Å². The fourth-order valence-corrected chi connectivity index (χ4v) is 2.42. The third-order valence-electron chi connectivity index (χ3n) is 2.98. The lowest BCUT2D eigenvalue weighted by Gasteiger charge is -2.17. The Morgan fingerprint density at radius 3 is 2.81 bits per heavy atom. The van der Waals surface area contributed by atoms with Crippen LogP contribution in [0.4, 0.5) is 5.95 Å². The molecule has 21 heavy (non-hydrogen) atoms. The fraction of sp³-hybridized carbons (Fsp3) is 0.200. The van der Waals surface area contributed by atoms with Crippen molar-refractivity contribution < 1.29 is 10.2 Å². The Bertz CT molecular complexity index is 609. The van der Waals surface area contributed by atoms with Gasteiger partial charge in [-0.05, 0) is 24.5 Å². The number of aliphatic hydroxyl groups excluding tert-OH is 2. The zero-order valence-corrected chi connectivity index (χ0v) is 12.5. The second kappa shape index (κ2) is 6.99. The van der Waals surface area contributed by atoms with Gasteiger partial charge in [0, 0.05) is 24.7 Å². The SMILES string of the molecule is C=C(Nc1ncccn1)S/C=C(\C)C1C=CC(O)=C(O)C1. The highest BCUT2D eigenvalue weighted by Gasteiger charge is 2.16. The number of hydrogen-bond donors (Lipinski definition) is 3. The monoisotopic (exact) mass is 303 g/mol. The molecule has 0 spiro atoms. The molecule has 0 fully saturated rings. The highest BCUT2D eigenvalue weighted by Crippen LogP contribution is 2.29. The molecule has 0 radical (unpaired) electrons. The van der Waals surface area contributed by atoms with Crippen LogP contribution in [-0.2, 0) is 0 Å². The molecule has 2 rings (SSSR count). The van der Waals surface area contributed by atoms with E-state index >= 15 is 0 Å². The zero-order chi connectivity index (χ0) is 15.2. The third kappa shape index (κ3) is 4.39. The van der Waals surface area contributed by atoms with Gasteiger partial charge in [-0.15, -0.1) is 0 Å². The van der Waals surface area contributed by atoms with Crippen LogP contribution in [0.1, 0.15) is 13.3 Å². The van der Waals surface area contributed by atoms with E-state index in [9.17, 15) is 10.2 Å². The lowest BCUT2D eigenvalue weighted by atomic mass is 9.93. The summed E-state index contributed by atoms with van der Waals surface area (Å²) in [6.07, 6.45) is 7.12. The van der Waals surface area contributed by atoms with Crippen LogP contribution in [0.15, 0.2) is 64.7 Å². The molecule has 1 aromatic heterocycles. The Labute approximate surface area is 127 Å². The van der Waals surface area contributed by atoms with Crippen molar-refractivity contribution in [2.75, 3.05) is 5.32 Å². The molecule has 1 heterocycles. The van der Waals surface area contributed by atoms with Crippen molar-refractivity contribution in [2.45, 2.75) is 13.3 Å². The topological polar surface area (TPSA) is 78.3 Å². The first-order valence-corrected chi connectivity index (χ1v) is 7.30. The minimum Gasteiger partial charge on any atom is -0.508 e. The van der Waals surface area contributed by atoms with Crippen LogP contribution in [0.25, 0.3) is 0 Å². The molecule has 1 aliphatic carbocycles. The fourth-order valence-electron chi connectivity index (χ4n) is 1.77. The Hall–Kier alpha value is -2.21. The van der Waals surface area contributed by atoms with Gasteiger partial charge >= 0.3 is 0 Å². The zero-order valence-electron chi connectivity index (χ0n) is 11.7. The number of anilines is 1. The molecule has 0 aromatic carbocycles. The summed E-state index contributed by atoms with van der Waals surface area (Å²) in [5.74, 6) is 0.548. The summed E-state index contributed by atoms with van der Waals surface area (Å²) >= 11 is 1.43. The summed E-state index contributed by atoms with van der Waals surface area (Å²) in [4.78, 5) is 8.12. The second-order valence-electron chi connectivity index (χ2n) is 4.60. The molecule has 1 unspecified atom stereocenters. The Kier molecular flexibility index (Phi) is 5.05. The summed E-state index contributed by atoms with van der Waals surface area (Å²) < 4.78 is 0. The number of aliphatic hydroxyl groups is 2. The quantitative estimate of drug-likeness (QED) is 0.765. The maximum absolute atomic E-state index is 9.57. The molecular weight excluding hydrogens is 286 g/mol. The number of thioether (sulfide) groups is 1. The van der Waals surface area contributed by atoms with Crippen LogP contribution in [0.2, 0.25) is 0 Å². The third-order valence-corrected chi connectivity index (χ3v) is 3.86. The second-order valence-corrected chi connectivity index (χ2v) is 5.57. The minimum atomic E-state index is -0.0565. The van der Waals surface area contributed by atoms with Gasteiger partial charge in [0.05, 0.1) is 5.03 Å². The van der Waals surface area contributed by atoms with E-state index in [2.05, 4.69) is 21.9 Å². The molecule has 3 N–H and O–H groups in total. The summed E-state index contributed by atoms with van der Waals surface area (Å²) in [6.45, 7) is 5.88. The van der Waals surface area contributed by atoms with Crippen molar-refractivity contribution in [3.63, 3.8) is 0 Å². The van der Waals surface area contributed by atoms with Crippen LogP contribution in [0, 0.1) is 5.92 Å². The normalized spacial score (nSPS) is 18.7. The first kappa shape index (κ1) is 15.2. The van der Waals surface area contributed by atoms with Crippen molar-refractivity contribution in [1.29, 1.82) is 0 Å². The highest BCUT2D eigenvalue weighted by molar-refractivity contribution is 8.05. The van der Waals surface area contributed by atoms with Gasteiger partial charge in [-0.2, -0.15) is 0 Å². The first-order valence-electron chi connectivity index (χ1n) is 6.42. The number of hydrogen-bond acceptors (Lipinski definition) is 6. The Balaban J connectivity index is 1.89. The lowest BCUT2D eigenvalue weighted by Crippen LogP contribution is -2.06.